The van der Waals surface area contributed by atoms with Crippen molar-refractivity contribution in [3.8, 4) is 0 Å². The Kier molecular flexibility index (Phi) is 8.42. The van der Waals surface area contributed by atoms with Crippen LogP contribution in [0.2, 0.25) is 5.02 Å². The Bertz CT molecular complexity index is 1020. The lowest BCUT2D eigenvalue weighted by atomic mass is 10.1. The molecule has 3 aromatic carbocycles. The zero-order valence-electron chi connectivity index (χ0n) is 18.4. The summed E-state index contributed by atoms with van der Waals surface area (Å²) in [5.74, 6) is -0.127. The highest BCUT2D eigenvalue weighted by Crippen LogP contribution is 2.22. The summed E-state index contributed by atoms with van der Waals surface area (Å²) < 4.78 is 0. The molecule has 0 spiro atoms. The molecule has 166 valence electrons. The molecule has 0 aliphatic heterocycles. The second-order valence-electron chi connectivity index (χ2n) is 7.88. The maximum Gasteiger partial charge on any atom is 0.258 e. The number of halogens is 1. The van der Waals surface area contributed by atoms with E-state index in [2.05, 4.69) is 5.32 Å². The van der Waals surface area contributed by atoms with Gasteiger partial charge in [-0.15, -0.1) is 0 Å². The molecule has 2 amide bonds. The molecule has 1 N–H and O–H groups in total. The van der Waals surface area contributed by atoms with Gasteiger partial charge in [0.1, 0.15) is 0 Å². The van der Waals surface area contributed by atoms with Gasteiger partial charge < -0.3 is 15.1 Å². The van der Waals surface area contributed by atoms with Crippen molar-refractivity contribution >= 4 is 29.1 Å². The molecule has 6 heteroatoms. The molecule has 0 aromatic heterocycles. The molecule has 0 fully saturated rings. The maximum atomic E-state index is 13.3. The van der Waals surface area contributed by atoms with E-state index in [-0.39, 0.29) is 11.8 Å². The first-order valence-electron chi connectivity index (χ1n) is 10.5. The summed E-state index contributed by atoms with van der Waals surface area (Å²) in [7, 11) is 3.94. The van der Waals surface area contributed by atoms with Gasteiger partial charge in [-0.25, -0.2) is 0 Å². The Morgan fingerprint density at radius 3 is 2.12 bits per heavy atom. The number of carbonyl (C=O) groups is 2. The van der Waals surface area contributed by atoms with Crippen LogP contribution in [-0.4, -0.2) is 43.9 Å². The van der Waals surface area contributed by atoms with Gasteiger partial charge in [0.05, 0.1) is 13.0 Å². The molecular formula is C26H28ClN3O2. The summed E-state index contributed by atoms with van der Waals surface area (Å²) in [5, 5.41) is 3.51. The minimum Gasteiger partial charge on any atom is -0.355 e. The SMILES string of the molecule is CN(C)CCNC(=O)Cc1ccc(N(Cc2ccccc2)C(=O)c2ccc(Cl)cc2)cc1. The van der Waals surface area contributed by atoms with E-state index in [0.29, 0.717) is 30.1 Å². The molecule has 5 nitrogen and oxygen atoms in total. The van der Waals surface area contributed by atoms with E-state index < -0.39 is 0 Å². The van der Waals surface area contributed by atoms with E-state index in [0.717, 1.165) is 23.4 Å². The highest BCUT2D eigenvalue weighted by Gasteiger charge is 2.18. The lowest BCUT2D eigenvalue weighted by Gasteiger charge is -2.23. The first-order valence-corrected chi connectivity index (χ1v) is 10.9. The average molecular weight is 450 g/mol. The van der Waals surface area contributed by atoms with Crippen LogP contribution in [0.3, 0.4) is 0 Å². The third kappa shape index (κ3) is 6.94. The fourth-order valence-corrected chi connectivity index (χ4v) is 3.38. The van der Waals surface area contributed by atoms with Gasteiger partial charge in [0.15, 0.2) is 0 Å². The van der Waals surface area contributed by atoms with Crippen LogP contribution in [0, 0.1) is 0 Å². The number of hydrogen-bond acceptors (Lipinski definition) is 3. The van der Waals surface area contributed by atoms with Gasteiger partial charge in [-0.3, -0.25) is 9.59 Å². The minimum atomic E-state index is -0.111. The summed E-state index contributed by atoms with van der Waals surface area (Å²) in [6.07, 6.45) is 0.303. The van der Waals surface area contributed by atoms with E-state index in [1.807, 2.05) is 73.6 Å². The molecule has 0 atom stereocenters. The number of carbonyl (C=O) groups excluding carboxylic acids is 2. The van der Waals surface area contributed by atoms with E-state index in [1.54, 1.807) is 29.2 Å². The van der Waals surface area contributed by atoms with Crippen molar-refractivity contribution in [1.29, 1.82) is 0 Å². The van der Waals surface area contributed by atoms with Crippen LogP contribution < -0.4 is 10.2 Å². The van der Waals surface area contributed by atoms with Crippen molar-refractivity contribution in [2.75, 3.05) is 32.1 Å². The van der Waals surface area contributed by atoms with E-state index in [9.17, 15) is 9.59 Å². The first kappa shape index (κ1) is 23.5. The summed E-state index contributed by atoms with van der Waals surface area (Å²) in [6.45, 7) is 1.85. The molecule has 0 unspecified atom stereocenters. The third-order valence-electron chi connectivity index (χ3n) is 5.01. The van der Waals surface area contributed by atoms with Gasteiger partial charge in [0, 0.05) is 29.4 Å². The van der Waals surface area contributed by atoms with Gasteiger partial charge in [-0.1, -0.05) is 54.1 Å². The normalized spacial score (nSPS) is 10.8. The lowest BCUT2D eigenvalue weighted by Crippen LogP contribution is -2.32. The largest absolute Gasteiger partial charge is 0.355 e. The van der Waals surface area contributed by atoms with E-state index >= 15 is 0 Å². The number of rotatable bonds is 9. The summed E-state index contributed by atoms with van der Waals surface area (Å²) in [4.78, 5) is 29.2. The Balaban J connectivity index is 1.76. The minimum absolute atomic E-state index is 0.0158. The van der Waals surface area contributed by atoms with Crippen molar-refractivity contribution < 1.29 is 9.59 Å². The van der Waals surface area contributed by atoms with Crippen LogP contribution in [0.15, 0.2) is 78.9 Å². The lowest BCUT2D eigenvalue weighted by molar-refractivity contribution is -0.120. The molecule has 0 aliphatic rings. The van der Waals surface area contributed by atoms with Crippen LogP contribution in [-0.2, 0) is 17.8 Å². The molecule has 3 rings (SSSR count). The molecule has 0 aliphatic carbocycles. The standard InChI is InChI=1S/C26H28ClN3O2/c1-29(2)17-16-28-25(31)18-20-8-14-24(15-9-20)30(19-21-6-4-3-5-7-21)26(32)22-10-12-23(27)13-11-22/h3-15H,16-19H2,1-2H3,(H,28,31). The van der Waals surface area contributed by atoms with Gasteiger partial charge in [-0.05, 0) is 61.6 Å². The van der Waals surface area contributed by atoms with Crippen LogP contribution in [0.25, 0.3) is 0 Å². The zero-order valence-corrected chi connectivity index (χ0v) is 19.2. The highest BCUT2D eigenvalue weighted by molar-refractivity contribution is 6.30. The zero-order chi connectivity index (χ0) is 22.9. The third-order valence-corrected chi connectivity index (χ3v) is 5.27. The smallest absolute Gasteiger partial charge is 0.258 e. The van der Waals surface area contributed by atoms with Crippen molar-refractivity contribution in [1.82, 2.24) is 10.2 Å². The Morgan fingerprint density at radius 1 is 0.844 bits per heavy atom. The number of nitrogens with one attached hydrogen (secondary N) is 1. The van der Waals surface area contributed by atoms with Crippen LogP contribution >= 0.6 is 11.6 Å². The van der Waals surface area contributed by atoms with Crippen molar-refractivity contribution in [3.05, 3.63) is 101 Å². The van der Waals surface area contributed by atoms with Gasteiger partial charge in [-0.2, -0.15) is 0 Å². The number of hydrogen-bond donors (Lipinski definition) is 1. The number of anilines is 1. The van der Waals surface area contributed by atoms with Crippen LogP contribution in [0.1, 0.15) is 21.5 Å². The molecule has 0 saturated carbocycles. The van der Waals surface area contributed by atoms with Crippen LogP contribution in [0.5, 0.6) is 0 Å². The maximum absolute atomic E-state index is 13.3. The van der Waals surface area contributed by atoms with Crippen LogP contribution in [0.4, 0.5) is 5.69 Å². The number of likely N-dealkylation sites (N-methyl/N-ethyl adjacent to an activating group) is 1. The number of benzene rings is 3. The summed E-state index contributed by atoms with van der Waals surface area (Å²) >= 11 is 5.99. The van der Waals surface area contributed by atoms with Crippen molar-refractivity contribution in [3.63, 3.8) is 0 Å². The average Bonchev–Trinajstić information content (AvgIpc) is 2.79. The predicted octanol–water partition coefficient (Wildman–Crippen LogP) is 4.41. The monoisotopic (exact) mass is 449 g/mol. The fraction of sp³-hybridized carbons (Fsp3) is 0.231. The van der Waals surface area contributed by atoms with Gasteiger partial charge in [0.2, 0.25) is 5.91 Å². The van der Waals surface area contributed by atoms with Gasteiger partial charge in [0.25, 0.3) is 5.91 Å². The molecule has 3 aromatic rings. The topological polar surface area (TPSA) is 52.7 Å². The fourth-order valence-electron chi connectivity index (χ4n) is 3.26. The number of nitrogens with zero attached hydrogens (tertiary/aromatic N) is 2. The number of amides is 2. The molecule has 0 bridgehead atoms. The molecule has 0 heterocycles. The predicted molar refractivity (Wildman–Crippen MR) is 130 cm³/mol. The van der Waals surface area contributed by atoms with E-state index in [4.69, 9.17) is 11.6 Å². The summed E-state index contributed by atoms with van der Waals surface area (Å²) in [6, 6.07) is 24.3. The van der Waals surface area contributed by atoms with Crippen molar-refractivity contribution in [2.24, 2.45) is 0 Å². The Labute approximate surface area is 194 Å². The second-order valence-corrected chi connectivity index (χ2v) is 8.32. The second kappa shape index (κ2) is 11.5. The molecule has 32 heavy (non-hydrogen) atoms. The van der Waals surface area contributed by atoms with E-state index in [1.165, 1.54) is 0 Å². The first-order chi connectivity index (χ1) is 15.4. The van der Waals surface area contributed by atoms with Gasteiger partial charge >= 0.3 is 0 Å². The molecule has 0 radical (unpaired) electrons. The molecular weight excluding hydrogens is 422 g/mol. The Hall–Kier alpha value is -3.15. The van der Waals surface area contributed by atoms with Crippen molar-refractivity contribution in [2.45, 2.75) is 13.0 Å². The summed E-state index contributed by atoms with van der Waals surface area (Å²) in [5.41, 5.74) is 3.26. The molecule has 0 saturated heterocycles. The highest BCUT2D eigenvalue weighted by atomic mass is 35.5. The Morgan fingerprint density at radius 2 is 1.50 bits per heavy atom. The quantitative estimate of drug-likeness (QED) is 0.526.